The van der Waals surface area contributed by atoms with E-state index in [4.69, 9.17) is 5.11 Å². The Morgan fingerprint density at radius 3 is 2.61 bits per heavy atom. The van der Waals surface area contributed by atoms with Gasteiger partial charge < -0.3 is 15.4 Å². The molecule has 0 saturated carbocycles. The number of aromatic amines is 1. The van der Waals surface area contributed by atoms with E-state index < -0.39 is 11.5 Å². The number of fused-ring (bicyclic) bond motifs is 1. The molecule has 3 N–H and O–H groups in total. The topological polar surface area (TPSA) is 99.3 Å². The minimum atomic E-state index is -1.12. The van der Waals surface area contributed by atoms with Crippen molar-refractivity contribution >= 4 is 28.3 Å². The Morgan fingerprint density at radius 1 is 1.28 bits per heavy atom. The summed E-state index contributed by atoms with van der Waals surface area (Å²) in [5, 5.41) is 12.1. The van der Waals surface area contributed by atoms with Gasteiger partial charge in [-0.15, -0.1) is 0 Å². The van der Waals surface area contributed by atoms with E-state index >= 15 is 0 Å². The third kappa shape index (κ3) is 2.08. The Balaban J connectivity index is 2.70. The van der Waals surface area contributed by atoms with Gasteiger partial charge in [0.15, 0.2) is 0 Å². The van der Waals surface area contributed by atoms with Gasteiger partial charge in [0.25, 0.3) is 5.56 Å². The maximum atomic E-state index is 11.6. The maximum absolute atomic E-state index is 11.6. The molecule has 2 rings (SSSR count). The normalized spacial score (nSPS) is 10.3. The average molecular weight is 246 g/mol. The molecule has 0 unspecified atom stereocenters. The zero-order chi connectivity index (χ0) is 13.3. The second kappa shape index (κ2) is 4.33. The summed E-state index contributed by atoms with van der Waals surface area (Å²) < 4.78 is 0. The number of hydrogen-bond acceptors (Lipinski definition) is 3. The lowest BCUT2D eigenvalue weighted by molar-refractivity contribution is -0.114. The van der Waals surface area contributed by atoms with Crippen LogP contribution in [-0.4, -0.2) is 22.0 Å². The minimum absolute atomic E-state index is 0.0129. The Bertz CT molecular complexity index is 703. The number of carboxylic acid groups (broad SMARTS) is 1. The number of amides is 1. The van der Waals surface area contributed by atoms with Crippen LogP contribution in [0.15, 0.2) is 29.2 Å². The number of H-pyrrole nitrogens is 1. The number of rotatable bonds is 2. The van der Waals surface area contributed by atoms with Gasteiger partial charge in [0, 0.05) is 29.6 Å². The van der Waals surface area contributed by atoms with Gasteiger partial charge in [0.05, 0.1) is 5.56 Å². The summed E-state index contributed by atoms with van der Waals surface area (Å²) in [4.78, 5) is 35.9. The zero-order valence-electron chi connectivity index (χ0n) is 9.48. The molecule has 0 aliphatic carbocycles. The zero-order valence-corrected chi connectivity index (χ0v) is 9.48. The van der Waals surface area contributed by atoms with Crippen LogP contribution in [0.2, 0.25) is 0 Å². The van der Waals surface area contributed by atoms with Crippen LogP contribution in [0, 0.1) is 0 Å². The maximum Gasteiger partial charge on any atom is 0.337 e. The smallest absolute Gasteiger partial charge is 0.337 e. The van der Waals surface area contributed by atoms with E-state index in [1.54, 1.807) is 6.07 Å². The van der Waals surface area contributed by atoms with E-state index in [2.05, 4.69) is 10.3 Å². The number of aromatic nitrogens is 1. The van der Waals surface area contributed by atoms with Crippen molar-refractivity contribution in [1.82, 2.24) is 4.98 Å². The van der Waals surface area contributed by atoms with Gasteiger partial charge >= 0.3 is 5.97 Å². The number of pyridine rings is 1. The Morgan fingerprint density at radius 2 is 2.00 bits per heavy atom. The molecule has 0 aliphatic heterocycles. The van der Waals surface area contributed by atoms with Gasteiger partial charge in [-0.3, -0.25) is 9.59 Å². The predicted molar refractivity (Wildman–Crippen MR) is 65.8 cm³/mol. The number of carboxylic acids is 1. The predicted octanol–water partition coefficient (Wildman–Crippen LogP) is 1.18. The van der Waals surface area contributed by atoms with E-state index in [-0.39, 0.29) is 16.9 Å². The summed E-state index contributed by atoms with van der Waals surface area (Å²) in [5.41, 5.74) is 0.0595. The number of carbonyl (C=O) groups excluding carboxylic acids is 1. The van der Waals surface area contributed by atoms with Crippen molar-refractivity contribution in [2.75, 3.05) is 5.32 Å². The first kappa shape index (κ1) is 11.8. The molecule has 92 valence electrons. The number of nitrogens with one attached hydrogen (secondary N) is 2. The van der Waals surface area contributed by atoms with Crippen LogP contribution in [0.1, 0.15) is 17.3 Å². The quantitative estimate of drug-likeness (QED) is 0.740. The molecule has 0 fully saturated rings. The van der Waals surface area contributed by atoms with Crippen molar-refractivity contribution < 1.29 is 14.7 Å². The molecule has 1 aromatic carbocycles. The SMILES string of the molecule is CC(=O)Nc1ccc2c(C(=O)O)c[nH]c(=O)c2c1. The van der Waals surface area contributed by atoms with Crippen LogP contribution in [0.3, 0.4) is 0 Å². The van der Waals surface area contributed by atoms with Gasteiger partial charge in [-0.2, -0.15) is 0 Å². The molecule has 18 heavy (non-hydrogen) atoms. The second-order valence-electron chi connectivity index (χ2n) is 3.78. The number of benzene rings is 1. The molecule has 1 amide bonds. The average Bonchev–Trinajstić information content (AvgIpc) is 2.29. The first-order valence-electron chi connectivity index (χ1n) is 5.15. The summed E-state index contributed by atoms with van der Waals surface area (Å²) >= 11 is 0. The third-order valence-electron chi connectivity index (χ3n) is 2.45. The summed E-state index contributed by atoms with van der Waals surface area (Å²) in [5.74, 6) is -1.39. The van der Waals surface area contributed by atoms with E-state index in [1.807, 2.05) is 0 Å². The summed E-state index contributed by atoms with van der Waals surface area (Å²) in [7, 11) is 0. The largest absolute Gasteiger partial charge is 0.478 e. The van der Waals surface area contributed by atoms with E-state index in [1.165, 1.54) is 19.1 Å². The van der Waals surface area contributed by atoms with Crippen LogP contribution in [0.4, 0.5) is 5.69 Å². The molecule has 0 radical (unpaired) electrons. The highest BCUT2D eigenvalue weighted by Gasteiger charge is 2.11. The second-order valence-corrected chi connectivity index (χ2v) is 3.78. The van der Waals surface area contributed by atoms with Crippen molar-refractivity contribution in [1.29, 1.82) is 0 Å². The standard InChI is InChI=1S/C12H10N2O4/c1-6(15)14-7-2-3-8-9(4-7)11(16)13-5-10(8)12(17)18/h2-5H,1H3,(H,13,16)(H,14,15)(H,17,18). The summed E-state index contributed by atoms with van der Waals surface area (Å²) in [6.07, 6.45) is 1.16. The van der Waals surface area contributed by atoms with Gasteiger partial charge in [0.2, 0.25) is 5.91 Å². The van der Waals surface area contributed by atoms with E-state index in [0.29, 0.717) is 11.1 Å². The number of carbonyl (C=O) groups is 2. The summed E-state index contributed by atoms with van der Waals surface area (Å²) in [6.45, 7) is 1.35. The first-order valence-corrected chi connectivity index (χ1v) is 5.15. The molecule has 6 heteroatoms. The minimum Gasteiger partial charge on any atom is -0.478 e. The first-order chi connectivity index (χ1) is 8.49. The van der Waals surface area contributed by atoms with Crippen LogP contribution in [0.25, 0.3) is 10.8 Å². The molecule has 6 nitrogen and oxygen atoms in total. The summed E-state index contributed by atoms with van der Waals surface area (Å²) in [6, 6.07) is 4.50. The lowest BCUT2D eigenvalue weighted by Crippen LogP contribution is -2.11. The van der Waals surface area contributed by atoms with Crippen molar-refractivity contribution in [3.8, 4) is 0 Å². The third-order valence-corrected chi connectivity index (χ3v) is 2.45. The Hall–Kier alpha value is -2.63. The van der Waals surface area contributed by atoms with Crippen LogP contribution < -0.4 is 10.9 Å². The van der Waals surface area contributed by atoms with Crippen molar-refractivity contribution in [3.63, 3.8) is 0 Å². The molecular formula is C12H10N2O4. The van der Waals surface area contributed by atoms with Gasteiger partial charge in [-0.05, 0) is 12.1 Å². The number of aromatic carboxylic acids is 1. The fourth-order valence-corrected chi connectivity index (χ4v) is 1.72. The molecule has 0 spiro atoms. The molecule has 0 atom stereocenters. The number of anilines is 1. The van der Waals surface area contributed by atoms with Gasteiger partial charge in [-0.25, -0.2) is 4.79 Å². The number of hydrogen-bond donors (Lipinski definition) is 3. The van der Waals surface area contributed by atoms with Crippen LogP contribution in [-0.2, 0) is 4.79 Å². The van der Waals surface area contributed by atoms with Gasteiger partial charge in [0.1, 0.15) is 0 Å². The Kier molecular flexibility index (Phi) is 2.85. The Labute approximate surface area is 101 Å². The van der Waals surface area contributed by atoms with Crippen LogP contribution in [0.5, 0.6) is 0 Å². The fourth-order valence-electron chi connectivity index (χ4n) is 1.72. The molecule has 1 heterocycles. The lowest BCUT2D eigenvalue weighted by Gasteiger charge is -2.05. The van der Waals surface area contributed by atoms with E-state index in [0.717, 1.165) is 6.20 Å². The molecular weight excluding hydrogens is 236 g/mol. The van der Waals surface area contributed by atoms with Crippen molar-refractivity contribution in [2.24, 2.45) is 0 Å². The van der Waals surface area contributed by atoms with Gasteiger partial charge in [-0.1, -0.05) is 6.07 Å². The highest BCUT2D eigenvalue weighted by atomic mass is 16.4. The van der Waals surface area contributed by atoms with Crippen molar-refractivity contribution in [2.45, 2.75) is 6.92 Å². The van der Waals surface area contributed by atoms with E-state index in [9.17, 15) is 14.4 Å². The highest BCUT2D eigenvalue weighted by molar-refractivity contribution is 6.04. The molecule has 1 aromatic heterocycles. The highest BCUT2D eigenvalue weighted by Crippen LogP contribution is 2.19. The van der Waals surface area contributed by atoms with Crippen molar-refractivity contribution in [3.05, 3.63) is 40.3 Å². The molecule has 2 aromatic rings. The molecule has 0 aliphatic rings. The molecule has 0 saturated heterocycles. The molecule has 0 bridgehead atoms. The lowest BCUT2D eigenvalue weighted by atomic mass is 10.1. The fraction of sp³-hybridized carbons (Fsp3) is 0.0833. The monoisotopic (exact) mass is 246 g/mol. The van der Waals surface area contributed by atoms with Crippen LogP contribution >= 0.6 is 0 Å².